The van der Waals surface area contributed by atoms with Crippen LogP contribution in [0, 0.1) is 11.3 Å². The molecule has 7 nitrogen and oxygen atoms in total. The van der Waals surface area contributed by atoms with Crippen molar-refractivity contribution in [3.05, 3.63) is 33.0 Å². The maximum absolute atomic E-state index is 12.7. The van der Waals surface area contributed by atoms with Crippen molar-refractivity contribution in [3.63, 3.8) is 0 Å². The molecule has 0 saturated carbocycles. The Kier molecular flexibility index (Phi) is 7.81. The van der Waals surface area contributed by atoms with Crippen LogP contribution in [0.2, 0.25) is 0 Å². The van der Waals surface area contributed by atoms with E-state index in [4.69, 9.17) is 5.26 Å². The Bertz CT molecular complexity index is 910. The summed E-state index contributed by atoms with van der Waals surface area (Å²) in [6, 6.07) is 3.52. The SMILES string of the molecule is N#CCN1CCCC(S(=O)(=O)[N-]C(=O)Nc2c3c(cc4c2CCC4)CCC3)C1.[K+]. The van der Waals surface area contributed by atoms with Gasteiger partial charge in [0.2, 0.25) is 0 Å². The second kappa shape index (κ2) is 9.77. The van der Waals surface area contributed by atoms with E-state index in [1.54, 1.807) is 4.90 Å². The van der Waals surface area contributed by atoms with Gasteiger partial charge < -0.3 is 10.0 Å². The van der Waals surface area contributed by atoms with Gasteiger partial charge in [0.25, 0.3) is 0 Å². The molecule has 1 aromatic carbocycles. The minimum Gasteiger partial charge on any atom is -0.423 e. The van der Waals surface area contributed by atoms with E-state index in [0.29, 0.717) is 19.4 Å². The smallest absolute Gasteiger partial charge is 0.423 e. The van der Waals surface area contributed by atoms with E-state index < -0.39 is 21.3 Å². The number of aryl methyl sites for hydroxylation is 2. The van der Waals surface area contributed by atoms with E-state index in [-0.39, 0.29) is 64.5 Å². The molecular weight excluding hydrogens is 415 g/mol. The predicted molar refractivity (Wildman–Crippen MR) is 107 cm³/mol. The van der Waals surface area contributed by atoms with Gasteiger partial charge in [-0.05, 0) is 85.9 Å². The second-order valence-corrected chi connectivity index (χ2v) is 9.81. The minimum atomic E-state index is -3.92. The van der Waals surface area contributed by atoms with E-state index in [0.717, 1.165) is 55.3 Å². The third-order valence-electron chi connectivity index (χ3n) is 6.09. The van der Waals surface area contributed by atoms with Crippen LogP contribution in [0.3, 0.4) is 0 Å². The van der Waals surface area contributed by atoms with Crippen LogP contribution in [-0.2, 0) is 35.7 Å². The van der Waals surface area contributed by atoms with Gasteiger partial charge in [-0.3, -0.25) is 9.69 Å². The van der Waals surface area contributed by atoms with E-state index >= 15 is 0 Å². The molecule has 150 valence electrons. The molecule has 0 spiro atoms. The Morgan fingerprint density at radius 1 is 1.17 bits per heavy atom. The normalized spacial score (nSPS) is 20.9. The Morgan fingerprint density at radius 3 is 2.45 bits per heavy atom. The van der Waals surface area contributed by atoms with Crippen LogP contribution in [0.4, 0.5) is 10.5 Å². The molecule has 1 N–H and O–H groups in total. The van der Waals surface area contributed by atoms with Crippen LogP contribution in [0.25, 0.3) is 4.72 Å². The van der Waals surface area contributed by atoms with Crippen LogP contribution in [0.5, 0.6) is 0 Å². The third kappa shape index (κ3) is 5.06. The molecule has 1 heterocycles. The first-order valence-corrected chi connectivity index (χ1v) is 11.5. The maximum Gasteiger partial charge on any atom is 1.00 e. The maximum atomic E-state index is 12.7. The summed E-state index contributed by atoms with van der Waals surface area (Å²) >= 11 is 0. The standard InChI is InChI=1S/C20H26N4O3S.K/c21-9-11-24-10-3-6-16(13-24)28(26,27)23-20(25)22-19-17-7-1-4-14(17)12-15-5-2-8-18(15)19;/h12,16H,1-8,10-11,13H2,(H2,22,23,25);/q;+1/p-1. The number of carbonyl (C=O) groups excluding carboxylic acids is 1. The van der Waals surface area contributed by atoms with Crippen molar-refractivity contribution in [2.75, 3.05) is 25.0 Å². The molecule has 2 aliphatic carbocycles. The number of nitrogens with zero attached hydrogens (tertiary/aromatic N) is 3. The molecule has 1 aromatic rings. The van der Waals surface area contributed by atoms with Gasteiger partial charge in [-0.1, -0.05) is 6.07 Å². The van der Waals surface area contributed by atoms with Gasteiger partial charge in [-0.25, -0.2) is 8.42 Å². The molecule has 1 saturated heterocycles. The number of hydrogen-bond acceptors (Lipinski definition) is 5. The zero-order valence-corrected chi connectivity index (χ0v) is 20.8. The molecule has 4 rings (SSSR count). The number of piperidine rings is 1. The molecule has 29 heavy (non-hydrogen) atoms. The number of sulfonamides is 1. The number of nitriles is 1. The Morgan fingerprint density at radius 2 is 1.83 bits per heavy atom. The van der Waals surface area contributed by atoms with Crippen molar-refractivity contribution in [2.24, 2.45) is 0 Å². The van der Waals surface area contributed by atoms with E-state index in [2.05, 4.69) is 22.2 Å². The van der Waals surface area contributed by atoms with Crippen molar-refractivity contribution in [1.29, 1.82) is 5.26 Å². The fourth-order valence-corrected chi connectivity index (χ4v) is 6.08. The van der Waals surface area contributed by atoms with E-state index in [9.17, 15) is 13.2 Å². The third-order valence-corrected chi connectivity index (χ3v) is 7.74. The van der Waals surface area contributed by atoms with Gasteiger partial charge in [0.05, 0.1) is 17.9 Å². The summed E-state index contributed by atoms with van der Waals surface area (Å²) in [6.45, 7) is 1.15. The van der Waals surface area contributed by atoms with Gasteiger partial charge >= 0.3 is 51.4 Å². The first-order chi connectivity index (χ1) is 13.5. The summed E-state index contributed by atoms with van der Waals surface area (Å²) in [6.07, 6.45) is 7.13. The number of nitrogens with one attached hydrogen (secondary N) is 1. The number of urea groups is 1. The summed E-state index contributed by atoms with van der Waals surface area (Å²) < 4.78 is 28.9. The molecule has 2 amide bonds. The van der Waals surface area contributed by atoms with Crippen LogP contribution >= 0.6 is 0 Å². The van der Waals surface area contributed by atoms with Gasteiger partial charge in [-0.2, -0.15) is 5.26 Å². The molecule has 0 aromatic heterocycles. The summed E-state index contributed by atoms with van der Waals surface area (Å²) in [4.78, 5) is 14.4. The first-order valence-electron chi connectivity index (χ1n) is 10.0. The van der Waals surface area contributed by atoms with Crippen LogP contribution in [0.15, 0.2) is 6.07 Å². The largest absolute Gasteiger partial charge is 1.00 e. The van der Waals surface area contributed by atoms with E-state index in [1.165, 1.54) is 11.1 Å². The first kappa shape index (κ1) is 23.2. The number of hydrogen-bond donors (Lipinski definition) is 1. The predicted octanol–water partition coefficient (Wildman–Crippen LogP) is -0.109. The van der Waals surface area contributed by atoms with Gasteiger partial charge in [-0.15, -0.1) is 0 Å². The molecule has 0 radical (unpaired) electrons. The van der Waals surface area contributed by atoms with Crippen molar-refractivity contribution in [1.82, 2.24) is 4.90 Å². The van der Waals surface area contributed by atoms with Crippen molar-refractivity contribution in [3.8, 4) is 6.07 Å². The van der Waals surface area contributed by atoms with Crippen molar-refractivity contribution >= 4 is 21.7 Å². The minimum absolute atomic E-state index is 0. The van der Waals surface area contributed by atoms with Crippen molar-refractivity contribution in [2.45, 2.75) is 56.6 Å². The summed E-state index contributed by atoms with van der Waals surface area (Å²) in [7, 11) is -3.92. The molecule has 1 unspecified atom stereocenters. The number of fused-ring (bicyclic) bond motifs is 2. The number of carbonyl (C=O) groups is 1. The monoisotopic (exact) mass is 440 g/mol. The summed E-state index contributed by atoms with van der Waals surface area (Å²) in [5, 5.41) is 10.9. The second-order valence-electron chi connectivity index (χ2n) is 7.93. The average molecular weight is 441 g/mol. The summed E-state index contributed by atoms with van der Waals surface area (Å²) in [5.74, 6) is 0. The fourth-order valence-electron chi connectivity index (χ4n) is 4.79. The number of amides is 2. The zero-order chi connectivity index (χ0) is 19.7. The molecule has 3 aliphatic rings. The quantitative estimate of drug-likeness (QED) is 0.520. The topological polar surface area (TPSA) is 104 Å². The van der Waals surface area contributed by atoms with Crippen LogP contribution in [-0.4, -0.2) is 44.2 Å². The summed E-state index contributed by atoms with van der Waals surface area (Å²) in [5.41, 5.74) is 5.66. The Balaban J connectivity index is 0.00000240. The number of benzene rings is 1. The average Bonchev–Trinajstić information content (AvgIpc) is 3.30. The van der Waals surface area contributed by atoms with Crippen molar-refractivity contribution < 1.29 is 64.6 Å². The number of likely N-dealkylation sites (tertiary alicyclic amines) is 1. The molecule has 1 fully saturated rings. The number of anilines is 1. The molecular formula is C20H25KN4O3S. The van der Waals surface area contributed by atoms with Crippen LogP contribution < -0.4 is 56.7 Å². The number of rotatable bonds is 4. The molecule has 9 heteroatoms. The molecule has 0 bridgehead atoms. The zero-order valence-electron chi connectivity index (χ0n) is 16.9. The van der Waals surface area contributed by atoms with Crippen LogP contribution in [0.1, 0.15) is 47.9 Å². The van der Waals surface area contributed by atoms with E-state index in [1.807, 2.05) is 0 Å². The molecule has 1 aliphatic heterocycles. The van der Waals surface area contributed by atoms with Gasteiger partial charge in [0.1, 0.15) is 0 Å². The Labute approximate surface area is 215 Å². The van der Waals surface area contributed by atoms with Gasteiger partial charge in [0, 0.05) is 6.54 Å². The molecule has 1 atom stereocenters. The fraction of sp³-hybridized carbons (Fsp3) is 0.600. The van der Waals surface area contributed by atoms with Gasteiger partial charge in [0.15, 0.2) is 16.1 Å². The Hall–Kier alpha value is -0.474.